The van der Waals surface area contributed by atoms with E-state index in [1.165, 1.54) is 0 Å². The van der Waals surface area contributed by atoms with E-state index in [9.17, 15) is 19.2 Å². The van der Waals surface area contributed by atoms with E-state index < -0.39 is 41.6 Å². The van der Waals surface area contributed by atoms with Gasteiger partial charge in [0.25, 0.3) is 0 Å². The van der Waals surface area contributed by atoms with E-state index in [0.29, 0.717) is 5.75 Å². The van der Waals surface area contributed by atoms with Crippen molar-refractivity contribution in [1.29, 1.82) is 0 Å². The van der Waals surface area contributed by atoms with Gasteiger partial charge in [0.2, 0.25) is 0 Å². The van der Waals surface area contributed by atoms with Crippen molar-refractivity contribution in [2.45, 2.75) is 73.0 Å². The molecule has 0 N–H and O–H groups in total. The highest BCUT2D eigenvalue weighted by Gasteiger charge is 2.36. The van der Waals surface area contributed by atoms with Crippen molar-refractivity contribution in [3.05, 3.63) is 54.6 Å². The number of hydrogen-bond donors (Lipinski definition) is 0. The summed E-state index contributed by atoms with van der Waals surface area (Å²) in [6, 6.07) is 17.1. The molecule has 0 radical (unpaired) electrons. The van der Waals surface area contributed by atoms with Crippen LogP contribution in [0.5, 0.6) is 5.75 Å². The number of esters is 4. The molecule has 0 spiro atoms. The average molecular weight is 541 g/mol. The summed E-state index contributed by atoms with van der Waals surface area (Å²) in [5.74, 6) is -3.90. The van der Waals surface area contributed by atoms with Gasteiger partial charge in [0, 0.05) is 6.42 Å². The lowest BCUT2D eigenvalue weighted by Crippen LogP contribution is -2.35. The van der Waals surface area contributed by atoms with E-state index in [1.807, 2.05) is 42.5 Å². The average Bonchev–Trinajstić information content (AvgIpc) is 2.89. The Bertz CT molecular complexity index is 1080. The maximum absolute atomic E-state index is 12.7. The Morgan fingerprint density at radius 3 is 1.85 bits per heavy atom. The third-order valence-electron chi connectivity index (χ3n) is 5.95. The first-order chi connectivity index (χ1) is 18.5. The summed E-state index contributed by atoms with van der Waals surface area (Å²) in [7, 11) is 0. The van der Waals surface area contributed by atoms with Crippen LogP contribution in [0.25, 0.3) is 11.1 Å². The highest BCUT2D eigenvalue weighted by Crippen LogP contribution is 2.26. The zero-order valence-corrected chi connectivity index (χ0v) is 23.7. The van der Waals surface area contributed by atoms with Crippen LogP contribution in [0, 0.1) is 17.8 Å². The van der Waals surface area contributed by atoms with Crippen LogP contribution in [0.2, 0.25) is 0 Å². The van der Waals surface area contributed by atoms with Crippen LogP contribution in [0.4, 0.5) is 0 Å². The zero-order chi connectivity index (χ0) is 28.9. The summed E-state index contributed by atoms with van der Waals surface area (Å²) >= 11 is 0. The maximum atomic E-state index is 12.7. The van der Waals surface area contributed by atoms with Crippen LogP contribution < -0.4 is 4.74 Å². The standard InChI is InChI=1S/C31H40O8/c1-20(2)37-30(34)23(6)27(31(35)38-21(3)4)19-22(5)29(33)36-18-10-13-28(32)39-26-16-14-25(15-17-26)24-11-8-7-9-12-24/h7-9,11-12,14-17,20-23,27H,10,13,18-19H2,1-6H3. The second-order valence-electron chi connectivity index (χ2n) is 10.1. The highest BCUT2D eigenvalue weighted by molar-refractivity contribution is 5.83. The van der Waals surface area contributed by atoms with Gasteiger partial charge in [-0.2, -0.15) is 0 Å². The van der Waals surface area contributed by atoms with Gasteiger partial charge in [-0.05, 0) is 63.8 Å². The van der Waals surface area contributed by atoms with Gasteiger partial charge in [0.1, 0.15) is 5.75 Å². The van der Waals surface area contributed by atoms with Crippen LogP contribution in [-0.4, -0.2) is 42.7 Å². The Morgan fingerprint density at radius 2 is 1.26 bits per heavy atom. The third kappa shape index (κ3) is 10.9. The minimum absolute atomic E-state index is 0.0251. The Hall–Kier alpha value is -3.68. The molecule has 0 amide bonds. The zero-order valence-electron chi connectivity index (χ0n) is 23.7. The molecule has 8 nitrogen and oxygen atoms in total. The number of carbonyl (C=O) groups is 4. The normalized spacial score (nSPS) is 13.3. The molecule has 0 saturated heterocycles. The van der Waals surface area contributed by atoms with Gasteiger partial charge < -0.3 is 18.9 Å². The minimum Gasteiger partial charge on any atom is -0.465 e. The lowest BCUT2D eigenvalue weighted by atomic mass is 9.85. The van der Waals surface area contributed by atoms with E-state index in [1.54, 1.807) is 53.7 Å². The third-order valence-corrected chi connectivity index (χ3v) is 5.95. The molecule has 0 saturated carbocycles. The van der Waals surface area contributed by atoms with E-state index in [-0.39, 0.29) is 38.1 Å². The molecule has 3 atom stereocenters. The summed E-state index contributed by atoms with van der Waals surface area (Å²) in [5.41, 5.74) is 2.09. The molecule has 0 bridgehead atoms. The van der Waals surface area contributed by atoms with Gasteiger partial charge >= 0.3 is 23.9 Å². The molecule has 0 fully saturated rings. The first kappa shape index (κ1) is 31.5. The number of ether oxygens (including phenoxy) is 4. The van der Waals surface area contributed by atoms with Crippen molar-refractivity contribution < 1.29 is 38.1 Å². The first-order valence-corrected chi connectivity index (χ1v) is 13.4. The van der Waals surface area contributed by atoms with Crippen molar-refractivity contribution in [3.63, 3.8) is 0 Å². The number of hydrogen-bond acceptors (Lipinski definition) is 8. The molecule has 8 heteroatoms. The molecule has 2 aromatic carbocycles. The van der Waals surface area contributed by atoms with E-state index in [2.05, 4.69) is 0 Å². The summed E-state index contributed by atoms with van der Waals surface area (Å²) in [6.45, 7) is 10.1. The van der Waals surface area contributed by atoms with Crippen LogP contribution in [0.15, 0.2) is 54.6 Å². The van der Waals surface area contributed by atoms with Gasteiger partial charge in [0.15, 0.2) is 0 Å². The fraction of sp³-hybridized carbons (Fsp3) is 0.484. The lowest BCUT2D eigenvalue weighted by molar-refractivity contribution is -0.166. The molecule has 2 rings (SSSR count). The van der Waals surface area contributed by atoms with Gasteiger partial charge in [-0.25, -0.2) is 0 Å². The second-order valence-corrected chi connectivity index (χ2v) is 10.1. The van der Waals surface area contributed by atoms with Crippen molar-refractivity contribution in [1.82, 2.24) is 0 Å². The summed E-state index contributed by atoms with van der Waals surface area (Å²) in [4.78, 5) is 49.9. The number of benzene rings is 2. The Balaban J connectivity index is 1.81. The number of carbonyl (C=O) groups excluding carboxylic acids is 4. The quantitative estimate of drug-likeness (QED) is 0.129. The van der Waals surface area contributed by atoms with Gasteiger partial charge in [-0.1, -0.05) is 56.3 Å². The Labute approximate surface area is 231 Å². The molecule has 212 valence electrons. The van der Waals surface area contributed by atoms with E-state index >= 15 is 0 Å². The Kier molecular flexibility index (Phi) is 12.7. The lowest BCUT2D eigenvalue weighted by Gasteiger charge is -2.25. The fourth-order valence-corrected chi connectivity index (χ4v) is 3.87. The molecule has 0 aliphatic rings. The van der Waals surface area contributed by atoms with Crippen molar-refractivity contribution in [3.8, 4) is 16.9 Å². The van der Waals surface area contributed by atoms with Crippen LogP contribution in [0.1, 0.15) is 60.8 Å². The first-order valence-electron chi connectivity index (χ1n) is 13.4. The van der Waals surface area contributed by atoms with Crippen LogP contribution in [0.3, 0.4) is 0 Å². The molecular formula is C31H40O8. The van der Waals surface area contributed by atoms with Gasteiger partial charge in [-0.3, -0.25) is 19.2 Å². The molecule has 3 unspecified atom stereocenters. The number of rotatable bonds is 14. The predicted molar refractivity (Wildman–Crippen MR) is 147 cm³/mol. The fourth-order valence-electron chi connectivity index (χ4n) is 3.87. The Morgan fingerprint density at radius 1 is 0.692 bits per heavy atom. The predicted octanol–water partition coefficient (Wildman–Crippen LogP) is 5.76. The van der Waals surface area contributed by atoms with Crippen molar-refractivity contribution in [2.75, 3.05) is 6.61 Å². The van der Waals surface area contributed by atoms with Gasteiger partial charge in [-0.15, -0.1) is 0 Å². The molecule has 0 aliphatic carbocycles. The largest absolute Gasteiger partial charge is 0.465 e. The summed E-state index contributed by atoms with van der Waals surface area (Å²) < 4.78 is 21.3. The maximum Gasteiger partial charge on any atom is 0.311 e. The van der Waals surface area contributed by atoms with Crippen molar-refractivity contribution >= 4 is 23.9 Å². The monoisotopic (exact) mass is 540 g/mol. The summed E-state index contributed by atoms with van der Waals surface area (Å²) in [6.07, 6.45) is -0.264. The molecule has 2 aromatic rings. The summed E-state index contributed by atoms with van der Waals surface area (Å²) in [5, 5.41) is 0. The van der Waals surface area contributed by atoms with E-state index in [4.69, 9.17) is 18.9 Å². The minimum atomic E-state index is -0.857. The molecular weight excluding hydrogens is 500 g/mol. The molecule has 0 aliphatic heterocycles. The van der Waals surface area contributed by atoms with Crippen LogP contribution >= 0.6 is 0 Å². The molecule has 0 heterocycles. The smallest absolute Gasteiger partial charge is 0.311 e. The SMILES string of the molecule is CC(C)OC(=O)C(C)C(CC(C)C(=O)OCCCC(=O)Oc1ccc(-c2ccccc2)cc1)C(=O)OC(C)C. The van der Waals surface area contributed by atoms with Gasteiger partial charge in [0.05, 0.1) is 36.6 Å². The van der Waals surface area contributed by atoms with E-state index in [0.717, 1.165) is 11.1 Å². The van der Waals surface area contributed by atoms with Crippen LogP contribution in [-0.2, 0) is 33.4 Å². The van der Waals surface area contributed by atoms with Crippen molar-refractivity contribution in [2.24, 2.45) is 17.8 Å². The highest BCUT2D eigenvalue weighted by atomic mass is 16.6. The molecule has 39 heavy (non-hydrogen) atoms. The molecule has 0 aromatic heterocycles. The topological polar surface area (TPSA) is 105 Å². The second kappa shape index (κ2) is 15.7.